The van der Waals surface area contributed by atoms with E-state index in [2.05, 4.69) is 15.1 Å². The molecule has 0 aliphatic rings. The number of nitrogens with zero attached hydrogens (tertiary/aromatic N) is 3. The molecule has 0 fully saturated rings. The maximum absolute atomic E-state index is 6.00. The molecule has 0 spiro atoms. The summed E-state index contributed by atoms with van der Waals surface area (Å²) in [6, 6.07) is 15.5. The van der Waals surface area contributed by atoms with E-state index in [-0.39, 0.29) is 0 Å². The summed E-state index contributed by atoms with van der Waals surface area (Å²) in [7, 11) is 0. The zero-order chi connectivity index (χ0) is 12.8. The summed E-state index contributed by atoms with van der Waals surface area (Å²) in [4.78, 5) is 8.97. The number of halogens is 1. The lowest BCUT2D eigenvalue weighted by Gasteiger charge is -1.96. The summed E-state index contributed by atoms with van der Waals surface area (Å²) in [6.07, 6.45) is 0. The number of imidazole rings is 1. The van der Waals surface area contributed by atoms with Gasteiger partial charge in [0.2, 0.25) is 0 Å². The lowest BCUT2D eigenvalue weighted by molar-refractivity contribution is 1.01. The molecule has 2 heterocycles. The first-order valence-electron chi connectivity index (χ1n) is 5.90. The topological polar surface area (TPSA) is 46.0 Å². The lowest BCUT2D eigenvalue weighted by atomic mass is 10.2. The van der Waals surface area contributed by atoms with Gasteiger partial charge in [-0.25, -0.2) is 9.50 Å². The van der Waals surface area contributed by atoms with Gasteiger partial charge in [0.25, 0.3) is 5.78 Å². The van der Waals surface area contributed by atoms with Gasteiger partial charge in [0.05, 0.1) is 11.0 Å². The predicted octanol–water partition coefficient (Wildman–Crippen LogP) is 3.53. The van der Waals surface area contributed by atoms with Crippen molar-refractivity contribution in [1.82, 2.24) is 19.6 Å². The summed E-state index contributed by atoms with van der Waals surface area (Å²) < 4.78 is 1.88. The Morgan fingerprint density at radius 1 is 1.00 bits per heavy atom. The molecule has 0 aliphatic heterocycles. The van der Waals surface area contributed by atoms with Crippen LogP contribution in [0.15, 0.2) is 48.5 Å². The fourth-order valence-electron chi connectivity index (χ4n) is 2.19. The quantitative estimate of drug-likeness (QED) is 0.574. The Hall–Kier alpha value is -2.33. The van der Waals surface area contributed by atoms with Crippen LogP contribution in [0.2, 0.25) is 5.02 Å². The summed E-state index contributed by atoms with van der Waals surface area (Å²) in [5.41, 5.74) is 2.89. The first-order valence-corrected chi connectivity index (χ1v) is 6.28. The first kappa shape index (κ1) is 10.6. The molecule has 5 heteroatoms. The molecule has 4 rings (SSSR count). The number of aromatic amines is 1. The molecule has 0 aliphatic carbocycles. The van der Waals surface area contributed by atoms with Crippen LogP contribution >= 0.6 is 11.6 Å². The van der Waals surface area contributed by atoms with Crippen molar-refractivity contribution in [2.24, 2.45) is 0 Å². The minimum atomic E-state index is 0.663. The molecule has 4 aromatic rings. The lowest BCUT2D eigenvalue weighted by Crippen LogP contribution is -1.85. The van der Waals surface area contributed by atoms with Gasteiger partial charge in [-0.15, -0.1) is 0 Å². The summed E-state index contributed by atoms with van der Waals surface area (Å²) in [5.74, 6) is 1.42. The summed E-state index contributed by atoms with van der Waals surface area (Å²) >= 11 is 6.00. The zero-order valence-electron chi connectivity index (χ0n) is 9.84. The van der Waals surface area contributed by atoms with Crippen molar-refractivity contribution in [1.29, 1.82) is 0 Å². The number of para-hydroxylation sites is 2. The molecule has 0 radical (unpaired) electrons. The maximum atomic E-state index is 6.00. The van der Waals surface area contributed by atoms with Crippen molar-refractivity contribution in [3.05, 3.63) is 53.6 Å². The SMILES string of the molecule is Clc1cccc(-c2nc3nc4ccccc4n3[nH]2)c1. The number of H-pyrrole nitrogens is 1. The fraction of sp³-hybridized carbons (Fsp3) is 0. The third-order valence-electron chi connectivity index (χ3n) is 3.07. The minimum Gasteiger partial charge on any atom is -0.274 e. The van der Waals surface area contributed by atoms with Crippen LogP contribution in [0.4, 0.5) is 0 Å². The van der Waals surface area contributed by atoms with E-state index in [4.69, 9.17) is 11.6 Å². The van der Waals surface area contributed by atoms with E-state index in [1.165, 1.54) is 0 Å². The number of fused-ring (bicyclic) bond motifs is 3. The van der Waals surface area contributed by atoms with Crippen molar-refractivity contribution >= 4 is 28.4 Å². The highest BCUT2D eigenvalue weighted by molar-refractivity contribution is 6.30. The molecule has 19 heavy (non-hydrogen) atoms. The van der Waals surface area contributed by atoms with Crippen LogP contribution in [-0.4, -0.2) is 19.6 Å². The highest BCUT2D eigenvalue weighted by atomic mass is 35.5. The number of nitrogens with one attached hydrogen (secondary N) is 1. The van der Waals surface area contributed by atoms with Gasteiger partial charge in [0.1, 0.15) is 0 Å². The predicted molar refractivity (Wildman–Crippen MR) is 75.3 cm³/mol. The molecule has 92 valence electrons. The van der Waals surface area contributed by atoms with E-state index in [1.54, 1.807) is 0 Å². The van der Waals surface area contributed by atoms with E-state index in [9.17, 15) is 0 Å². The van der Waals surface area contributed by atoms with Crippen molar-refractivity contribution in [2.75, 3.05) is 0 Å². The van der Waals surface area contributed by atoms with Gasteiger partial charge in [0, 0.05) is 10.6 Å². The normalized spacial score (nSPS) is 11.4. The second-order valence-corrected chi connectivity index (χ2v) is 4.75. The molecule has 0 atom stereocenters. The molecule has 4 nitrogen and oxygen atoms in total. The van der Waals surface area contributed by atoms with Gasteiger partial charge in [0.15, 0.2) is 5.82 Å². The second kappa shape index (κ2) is 3.83. The third-order valence-corrected chi connectivity index (χ3v) is 3.31. The van der Waals surface area contributed by atoms with Crippen LogP contribution in [-0.2, 0) is 0 Å². The zero-order valence-corrected chi connectivity index (χ0v) is 10.6. The standard InChI is InChI=1S/C14H9ClN4/c15-10-5-3-4-9(8-10)13-17-14-16-11-6-1-2-7-12(11)19(14)18-13/h1-8H,(H,16,17,18). The van der Waals surface area contributed by atoms with Crippen LogP contribution in [0.3, 0.4) is 0 Å². The van der Waals surface area contributed by atoms with Crippen molar-refractivity contribution in [2.45, 2.75) is 0 Å². The van der Waals surface area contributed by atoms with Gasteiger partial charge < -0.3 is 0 Å². The molecular formula is C14H9ClN4. The highest BCUT2D eigenvalue weighted by Crippen LogP contribution is 2.22. The number of hydrogen-bond donors (Lipinski definition) is 1. The monoisotopic (exact) mass is 268 g/mol. The van der Waals surface area contributed by atoms with Gasteiger partial charge in [-0.1, -0.05) is 35.9 Å². The first-order chi connectivity index (χ1) is 9.31. The van der Waals surface area contributed by atoms with Crippen LogP contribution in [0, 0.1) is 0 Å². The Bertz CT molecular complexity index is 891. The van der Waals surface area contributed by atoms with E-state index in [0.717, 1.165) is 22.4 Å². The Labute approximate surface area is 113 Å². The Balaban J connectivity index is 1.97. The van der Waals surface area contributed by atoms with E-state index >= 15 is 0 Å². The van der Waals surface area contributed by atoms with Crippen LogP contribution in [0.25, 0.3) is 28.2 Å². The molecule has 1 N–H and O–H groups in total. The minimum absolute atomic E-state index is 0.663. The molecule has 2 aromatic carbocycles. The number of rotatable bonds is 1. The molecule has 0 unspecified atom stereocenters. The molecule has 0 amide bonds. The molecule has 0 bridgehead atoms. The average Bonchev–Trinajstić information content (AvgIpc) is 2.96. The van der Waals surface area contributed by atoms with Gasteiger partial charge in [-0.05, 0) is 24.3 Å². The van der Waals surface area contributed by atoms with Gasteiger partial charge >= 0.3 is 0 Å². The number of hydrogen-bond acceptors (Lipinski definition) is 2. The second-order valence-electron chi connectivity index (χ2n) is 4.32. The van der Waals surface area contributed by atoms with E-state index in [1.807, 2.05) is 53.0 Å². The summed E-state index contributed by atoms with van der Waals surface area (Å²) in [5, 5.41) is 3.94. The van der Waals surface area contributed by atoms with Crippen LogP contribution in [0.1, 0.15) is 0 Å². The Kier molecular flexibility index (Phi) is 2.13. The molecule has 0 saturated carbocycles. The smallest absolute Gasteiger partial charge is 0.252 e. The van der Waals surface area contributed by atoms with Crippen molar-refractivity contribution in [3.63, 3.8) is 0 Å². The third kappa shape index (κ3) is 1.61. The maximum Gasteiger partial charge on any atom is 0.252 e. The van der Waals surface area contributed by atoms with E-state index < -0.39 is 0 Å². The largest absolute Gasteiger partial charge is 0.274 e. The number of benzene rings is 2. The average molecular weight is 269 g/mol. The van der Waals surface area contributed by atoms with E-state index in [0.29, 0.717) is 10.8 Å². The molecule has 0 saturated heterocycles. The van der Waals surface area contributed by atoms with Crippen molar-refractivity contribution < 1.29 is 0 Å². The van der Waals surface area contributed by atoms with Gasteiger partial charge in [-0.2, -0.15) is 4.98 Å². The molecular weight excluding hydrogens is 260 g/mol. The Morgan fingerprint density at radius 3 is 2.79 bits per heavy atom. The van der Waals surface area contributed by atoms with Gasteiger partial charge in [-0.3, -0.25) is 5.10 Å². The highest BCUT2D eigenvalue weighted by Gasteiger charge is 2.10. The van der Waals surface area contributed by atoms with Crippen LogP contribution in [0.5, 0.6) is 0 Å². The number of aromatic nitrogens is 4. The Morgan fingerprint density at radius 2 is 1.89 bits per heavy atom. The van der Waals surface area contributed by atoms with Crippen LogP contribution < -0.4 is 0 Å². The molecule has 2 aromatic heterocycles. The van der Waals surface area contributed by atoms with Crippen molar-refractivity contribution in [3.8, 4) is 11.4 Å². The fourth-order valence-corrected chi connectivity index (χ4v) is 2.38. The summed E-state index contributed by atoms with van der Waals surface area (Å²) in [6.45, 7) is 0.